The SMILES string of the molecule is COc1ccc(C(Cl)c2ccsc2)cc1F. The summed E-state index contributed by atoms with van der Waals surface area (Å²) in [7, 11) is 1.44. The number of ether oxygens (including phenoxy) is 1. The van der Waals surface area contributed by atoms with E-state index < -0.39 is 0 Å². The highest BCUT2D eigenvalue weighted by Gasteiger charge is 2.13. The molecule has 0 saturated carbocycles. The van der Waals surface area contributed by atoms with E-state index in [1.54, 1.807) is 23.5 Å². The second-order valence-electron chi connectivity index (χ2n) is 3.31. The van der Waals surface area contributed by atoms with Crippen LogP contribution in [0.15, 0.2) is 35.0 Å². The van der Waals surface area contributed by atoms with Gasteiger partial charge in [-0.15, -0.1) is 11.6 Å². The first-order valence-corrected chi connectivity index (χ1v) is 6.10. The molecule has 2 rings (SSSR count). The highest BCUT2D eigenvalue weighted by atomic mass is 35.5. The summed E-state index contributed by atoms with van der Waals surface area (Å²) in [6.45, 7) is 0. The van der Waals surface area contributed by atoms with Gasteiger partial charge >= 0.3 is 0 Å². The Morgan fingerprint density at radius 3 is 2.69 bits per heavy atom. The minimum atomic E-state index is -0.388. The average molecular weight is 257 g/mol. The molecule has 16 heavy (non-hydrogen) atoms. The van der Waals surface area contributed by atoms with Crippen molar-refractivity contribution < 1.29 is 9.13 Å². The number of hydrogen-bond donors (Lipinski definition) is 0. The number of alkyl halides is 1. The summed E-state index contributed by atoms with van der Waals surface area (Å²) < 4.78 is 18.3. The molecule has 1 aromatic carbocycles. The fourth-order valence-corrected chi connectivity index (χ4v) is 2.48. The van der Waals surface area contributed by atoms with Gasteiger partial charge in [0.25, 0.3) is 0 Å². The van der Waals surface area contributed by atoms with Crippen molar-refractivity contribution in [2.75, 3.05) is 7.11 Å². The lowest BCUT2D eigenvalue weighted by Crippen LogP contribution is -1.94. The van der Waals surface area contributed by atoms with Gasteiger partial charge in [-0.05, 0) is 40.1 Å². The summed E-state index contributed by atoms with van der Waals surface area (Å²) in [4.78, 5) is 0. The Kier molecular flexibility index (Phi) is 3.46. The van der Waals surface area contributed by atoms with Crippen molar-refractivity contribution >= 4 is 22.9 Å². The molecule has 4 heteroatoms. The number of thiophene rings is 1. The molecule has 0 N–H and O–H groups in total. The monoisotopic (exact) mass is 256 g/mol. The molecule has 1 aromatic heterocycles. The van der Waals surface area contributed by atoms with Crippen LogP contribution in [0.5, 0.6) is 5.75 Å². The summed E-state index contributed by atoms with van der Waals surface area (Å²) >= 11 is 7.81. The van der Waals surface area contributed by atoms with Crippen LogP contribution in [-0.4, -0.2) is 7.11 Å². The minimum absolute atomic E-state index is 0.234. The molecule has 1 unspecified atom stereocenters. The van der Waals surface area contributed by atoms with E-state index in [2.05, 4.69) is 0 Å². The van der Waals surface area contributed by atoms with Crippen LogP contribution in [0.4, 0.5) is 4.39 Å². The maximum absolute atomic E-state index is 13.5. The number of hydrogen-bond acceptors (Lipinski definition) is 2. The normalized spacial score (nSPS) is 12.4. The van der Waals surface area contributed by atoms with Crippen molar-refractivity contribution in [1.82, 2.24) is 0 Å². The molecule has 0 aliphatic heterocycles. The van der Waals surface area contributed by atoms with Crippen molar-refractivity contribution in [2.24, 2.45) is 0 Å². The third-order valence-corrected chi connectivity index (χ3v) is 3.51. The molecule has 0 fully saturated rings. The fraction of sp³-hybridized carbons (Fsp3) is 0.167. The highest BCUT2D eigenvalue weighted by molar-refractivity contribution is 7.08. The van der Waals surface area contributed by atoms with Crippen LogP contribution in [0.2, 0.25) is 0 Å². The number of methoxy groups -OCH3 is 1. The van der Waals surface area contributed by atoms with Gasteiger partial charge in [0.1, 0.15) is 0 Å². The molecule has 2 aromatic rings. The first-order chi connectivity index (χ1) is 7.72. The van der Waals surface area contributed by atoms with Crippen molar-refractivity contribution in [2.45, 2.75) is 5.38 Å². The zero-order valence-corrected chi connectivity index (χ0v) is 10.2. The summed E-state index contributed by atoms with van der Waals surface area (Å²) in [6, 6.07) is 6.71. The number of halogens is 2. The van der Waals surface area contributed by atoms with Crippen molar-refractivity contribution in [3.8, 4) is 5.75 Å². The van der Waals surface area contributed by atoms with Gasteiger partial charge < -0.3 is 4.74 Å². The molecule has 0 amide bonds. The van der Waals surface area contributed by atoms with Crippen molar-refractivity contribution in [3.05, 3.63) is 52.0 Å². The van der Waals surface area contributed by atoms with Crippen molar-refractivity contribution in [1.29, 1.82) is 0 Å². The molecular weight excluding hydrogens is 247 g/mol. The predicted molar refractivity (Wildman–Crippen MR) is 65.0 cm³/mol. The van der Waals surface area contributed by atoms with Gasteiger partial charge in [0.05, 0.1) is 12.5 Å². The summed E-state index contributed by atoms with van der Waals surface area (Å²) in [5.74, 6) is -0.154. The molecule has 1 atom stereocenters. The van der Waals surface area contributed by atoms with E-state index in [1.807, 2.05) is 16.8 Å². The molecule has 0 aliphatic carbocycles. The van der Waals surface area contributed by atoms with Crippen molar-refractivity contribution in [3.63, 3.8) is 0 Å². The lowest BCUT2D eigenvalue weighted by atomic mass is 10.1. The molecule has 84 valence electrons. The lowest BCUT2D eigenvalue weighted by molar-refractivity contribution is 0.386. The van der Waals surface area contributed by atoms with E-state index in [-0.39, 0.29) is 16.9 Å². The van der Waals surface area contributed by atoms with E-state index in [4.69, 9.17) is 16.3 Å². The Morgan fingerprint density at radius 1 is 1.31 bits per heavy atom. The Bertz CT molecular complexity index is 470. The Balaban J connectivity index is 2.31. The summed E-state index contributed by atoms with van der Waals surface area (Å²) in [6.07, 6.45) is 0. The highest BCUT2D eigenvalue weighted by Crippen LogP contribution is 2.32. The topological polar surface area (TPSA) is 9.23 Å². The van der Waals surface area contributed by atoms with Gasteiger partial charge in [0, 0.05) is 0 Å². The zero-order valence-electron chi connectivity index (χ0n) is 8.61. The number of rotatable bonds is 3. The summed E-state index contributed by atoms with van der Waals surface area (Å²) in [5.41, 5.74) is 1.72. The Morgan fingerprint density at radius 2 is 2.12 bits per heavy atom. The van der Waals surface area contributed by atoms with Gasteiger partial charge in [0.2, 0.25) is 0 Å². The lowest BCUT2D eigenvalue weighted by Gasteiger charge is -2.09. The maximum Gasteiger partial charge on any atom is 0.165 e. The Labute approximate surface area is 102 Å². The molecule has 1 nitrogen and oxygen atoms in total. The first-order valence-electron chi connectivity index (χ1n) is 4.72. The van der Waals surface area contributed by atoms with Gasteiger partial charge in [0.15, 0.2) is 11.6 Å². The van der Waals surface area contributed by atoms with Crippen LogP contribution in [0, 0.1) is 5.82 Å². The summed E-state index contributed by atoms with van der Waals surface area (Å²) in [5, 5.41) is 3.59. The van der Waals surface area contributed by atoms with Crippen LogP contribution >= 0.6 is 22.9 Å². The van der Waals surface area contributed by atoms with E-state index >= 15 is 0 Å². The van der Waals surface area contributed by atoms with E-state index in [1.165, 1.54) is 13.2 Å². The molecule has 0 saturated heterocycles. The maximum atomic E-state index is 13.5. The van der Waals surface area contributed by atoms with Crippen LogP contribution in [0.3, 0.4) is 0 Å². The van der Waals surface area contributed by atoms with E-state index in [9.17, 15) is 4.39 Å². The van der Waals surface area contributed by atoms with Gasteiger partial charge in [-0.3, -0.25) is 0 Å². The van der Waals surface area contributed by atoms with Crippen LogP contribution < -0.4 is 4.74 Å². The van der Waals surface area contributed by atoms with Gasteiger partial charge in [-0.1, -0.05) is 6.07 Å². The smallest absolute Gasteiger partial charge is 0.165 e. The standard InChI is InChI=1S/C12H10ClFOS/c1-15-11-3-2-8(6-10(11)14)12(13)9-4-5-16-7-9/h2-7,12H,1H3. The Hall–Kier alpha value is -1.06. The fourth-order valence-electron chi connectivity index (χ4n) is 1.45. The van der Waals surface area contributed by atoms with E-state index in [0.29, 0.717) is 0 Å². The van der Waals surface area contributed by atoms with Gasteiger partial charge in [-0.25, -0.2) is 4.39 Å². The largest absolute Gasteiger partial charge is 0.494 e. The van der Waals surface area contributed by atoms with Gasteiger partial charge in [-0.2, -0.15) is 11.3 Å². The second kappa shape index (κ2) is 4.85. The molecule has 0 bridgehead atoms. The third-order valence-electron chi connectivity index (χ3n) is 2.30. The second-order valence-corrected chi connectivity index (χ2v) is 4.53. The molecule has 1 heterocycles. The first kappa shape index (κ1) is 11.4. The van der Waals surface area contributed by atoms with E-state index in [0.717, 1.165) is 11.1 Å². The third kappa shape index (κ3) is 2.20. The predicted octanol–water partition coefficient (Wildman–Crippen LogP) is 4.22. The zero-order chi connectivity index (χ0) is 11.5. The molecule has 0 radical (unpaired) electrons. The average Bonchev–Trinajstić information content (AvgIpc) is 2.81. The minimum Gasteiger partial charge on any atom is -0.494 e. The number of benzene rings is 1. The quantitative estimate of drug-likeness (QED) is 0.747. The van der Waals surface area contributed by atoms with Crippen LogP contribution in [0.25, 0.3) is 0 Å². The molecular formula is C12H10ClFOS. The molecule has 0 spiro atoms. The van der Waals surface area contributed by atoms with Crippen LogP contribution in [-0.2, 0) is 0 Å². The molecule has 0 aliphatic rings. The van der Waals surface area contributed by atoms with Crippen LogP contribution in [0.1, 0.15) is 16.5 Å².